The van der Waals surface area contributed by atoms with Crippen LogP contribution < -0.4 is 14.2 Å². The van der Waals surface area contributed by atoms with Crippen LogP contribution in [0.3, 0.4) is 0 Å². The molecule has 3 heterocycles. The van der Waals surface area contributed by atoms with E-state index in [-0.39, 0.29) is 6.10 Å². The van der Waals surface area contributed by atoms with Crippen LogP contribution in [-0.4, -0.2) is 43.3 Å². The number of para-hydroxylation sites is 1. The Labute approximate surface area is 183 Å². The standard InChI is InChI=1S/C27H27NO3/c1-29-25-10-5-11-26-27(25)31-22(17-30-26)16-28-20-12-13-21(28)15-19(14-20)24-9-4-7-18-6-2-3-8-23(18)24/h2-11,14,20-22H,12-13,15-17H2,1H3/t20?,21?,22-/m0/s1. The Bertz CT molecular complexity index is 1130. The van der Waals surface area contributed by atoms with Gasteiger partial charge in [0.15, 0.2) is 11.5 Å². The molecule has 3 aromatic carbocycles. The van der Waals surface area contributed by atoms with Crippen molar-refractivity contribution in [1.29, 1.82) is 0 Å². The maximum atomic E-state index is 6.34. The van der Waals surface area contributed by atoms with Crippen LogP contribution >= 0.6 is 0 Å². The molecule has 3 aromatic rings. The van der Waals surface area contributed by atoms with E-state index in [4.69, 9.17) is 14.2 Å². The average Bonchev–Trinajstić information content (AvgIpc) is 3.04. The Hall–Kier alpha value is -2.98. The van der Waals surface area contributed by atoms with Gasteiger partial charge >= 0.3 is 0 Å². The second kappa shape index (κ2) is 7.61. The summed E-state index contributed by atoms with van der Waals surface area (Å²) in [5.41, 5.74) is 2.89. The zero-order chi connectivity index (χ0) is 20.8. The van der Waals surface area contributed by atoms with Crippen LogP contribution in [0.4, 0.5) is 0 Å². The van der Waals surface area contributed by atoms with Crippen molar-refractivity contribution in [1.82, 2.24) is 4.90 Å². The highest BCUT2D eigenvalue weighted by molar-refractivity contribution is 5.94. The van der Waals surface area contributed by atoms with Gasteiger partial charge in [0.25, 0.3) is 0 Å². The summed E-state index contributed by atoms with van der Waals surface area (Å²) in [6.45, 7) is 1.46. The molecule has 2 bridgehead atoms. The second-order valence-corrected chi connectivity index (χ2v) is 8.76. The number of hydrogen-bond donors (Lipinski definition) is 0. The number of benzene rings is 3. The number of fused-ring (bicyclic) bond motifs is 4. The molecule has 158 valence electrons. The van der Waals surface area contributed by atoms with Gasteiger partial charge in [-0.15, -0.1) is 0 Å². The van der Waals surface area contributed by atoms with Crippen LogP contribution in [-0.2, 0) is 0 Å². The molecular weight excluding hydrogens is 386 g/mol. The molecular formula is C27H27NO3. The summed E-state index contributed by atoms with van der Waals surface area (Å²) >= 11 is 0. The fourth-order valence-corrected chi connectivity index (χ4v) is 5.50. The highest BCUT2D eigenvalue weighted by Gasteiger charge is 2.39. The smallest absolute Gasteiger partial charge is 0.204 e. The van der Waals surface area contributed by atoms with Crippen molar-refractivity contribution < 1.29 is 14.2 Å². The number of methoxy groups -OCH3 is 1. The van der Waals surface area contributed by atoms with Gasteiger partial charge in [0.05, 0.1) is 7.11 Å². The largest absolute Gasteiger partial charge is 0.493 e. The van der Waals surface area contributed by atoms with Crippen molar-refractivity contribution in [2.24, 2.45) is 0 Å². The van der Waals surface area contributed by atoms with E-state index < -0.39 is 0 Å². The highest BCUT2D eigenvalue weighted by Crippen LogP contribution is 2.43. The minimum atomic E-state index is 0.0133. The van der Waals surface area contributed by atoms with Gasteiger partial charge in [0.1, 0.15) is 12.7 Å². The molecule has 3 atom stereocenters. The molecule has 4 nitrogen and oxygen atoms in total. The third-order valence-corrected chi connectivity index (χ3v) is 6.96. The van der Waals surface area contributed by atoms with Crippen LogP contribution in [0.15, 0.2) is 66.7 Å². The van der Waals surface area contributed by atoms with Crippen molar-refractivity contribution in [3.8, 4) is 17.2 Å². The van der Waals surface area contributed by atoms with Gasteiger partial charge < -0.3 is 14.2 Å². The van der Waals surface area contributed by atoms with Crippen LogP contribution in [0.2, 0.25) is 0 Å². The molecule has 0 saturated carbocycles. The van der Waals surface area contributed by atoms with E-state index in [1.807, 2.05) is 18.2 Å². The molecule has 1 fully saturated rings. The molecule has 1 saturated heterocycles. The van der Waals surface area contributed by atoms with E-state index in [1.54, 1.807) is 7.11 Å². The summed E-state index contributed by atoms with van der Waals surface area (Å²) in [4.78, 5) is 2.63. The molecule has 2 unspecified atom stereocenters. The number of nitrogens with zero attached hydrogens (tertiary/aromatic N) is 1. The van der Waals surface area contributed by atoms with E-state index >= 15 is 0 Å². The zero-order valence-corrected chi connectivity index (χ0v) is 17.8. The average molecular weight is 414 g/mol. The van der Waals surface area contributed by atoms with Gasteiger partial charge in [0, 0.05) is 18.6 Å². The maximum Gasteiger partial charge on any atom is 0.204 e. The van der Waals surface area contributed by atoms with E-state index in [0.29, 0.717) is 18.7 Å². The predicted octanol–water partition coefficient (Wildman–Crippen LogP) is 5.31. The predicted molar refractivity (Wildman–Crippen MR) is 123 cm³/mol. The molecule has 0 spiro atoms. The lowest BCUT2D eigenvalue weighted by Crippen LogP contribution is -2.47. The third-order valence-electron chi connectivity index (χ3n) is 6.96. The van der Waals surface area contributed by atoms with E-state index in [0.717, 1.165) is 30.2 Å². The third kappa shape index (κ3) is 3.26. The summed E-state index contributed by atoms with van der Waals surface area (Å²) in [5.74, 6) is 2.25. The van der Waals surface area contributed by atoms with Crippen molar-refractivity contribution in [2.75, 3.05) is 20.3 Å². The van der Waals surface area contributed by atoms with Crippen molar-refractivity contribution in [2.45, 2.75) is 37.5 Å². The summed E-state index contributed by atoms with van der Waals surface area (Å²) < 4.78 is 17.8. The van der Waals surface area contributed by atoms with E-state index in [2.05, 4.69) is 53.4 Å². The summed E-state index contributed by atoms with van der Waals surface area (Å²) in [6, 6.07) is 22.2. The topological polar surface area (TPSA) is 30.9 Å². The first kappa shape index (κ1) is 18.8. The maximum absolute atomic E-state index is 6.34. The lowest BCUT2D eigenvalue weighted by atomic mass is 9.91. The van der Waals surface area contributed by atoms with Crippen molar-refractivity contribution >= 4 is 16.3 Å². The normalized spacial score (nSPS) is 24.8. The Morgan fingerprint density at radius 1 is 1.00 bits per heavy atom. The van der Waals surface area contributed by atoms with Crippen LogP contribution in [0.1, 0.15) is 24.8 Å². The van der Waals surface area contributed by atoms with Gasteiger partial charge in [-0.3, -0.25) is 4.90 Å². The lowest BCUT2D eigenvalue weighted by Gasteiger charge is -2.38. The fraction of sp³-hybridized carbons (Fsp3) is 0.333. The Morgan fingerprint density at radius 2 is 1.87 bits per heavy atom. The van der Waals surface area contributed by atoms with Crippen molar-refractivity contribution in [3.05, 3.63) is 72.3 Å². The summed E-state index contributed by atoms with van der Waals surface area (Å²) in [7, 11) is 1.67. The molecule has 0 aliphatic carbocycles. The van der Waals surface area contributed by atoms with Gasteiger partial charge in [-0.25, -0.2) is 0 Å². The first-order valence-corrected chi connectivity index (χ1v) is 11.2. The van der Waals surface area contributed by atoms with E-state index in [1.165, 1.54) is 34.8 Å². The van der Waals surface area contributed by atoms with Gasteiger partial charge in [0.2, 0.25) is 5.75 Å². The second-order valence-electron chi connectivity index (χ2n) is 8.76. The molecule has 0 amide bonds. The highest BCUT2D eigenvalue weighted by atomic mass is 16.6. The molecule has 6 rings (SSSR count). The monoisotopic (exact) mass is 413 g/mol. The Morgan fingerprint density at radius 3 is 2.77 bits per heavy atom. The van der Waals surface area contributed by atoms with E-state index in [9.17, 15) is 0 Å². The zero-order valence-electron chi connectivity index (χ0n) is 17.8. The fourth-order valence-electron chi connectivity index (χ4n) is 5.50. The first-order valence-electron chi connectivity index (χ1n) is 11.2. The minimum Gasteiger partial charge on any atom is -0.493 e. The lowest BCUT2D eigenvalue weighted by molar-refractivity contribution is 0.0447. The number of ether oxygens (including phenoxy) is 3. The quantitative estimate of drug-likeness (QED) is 0.580. The SMILES string of the molecule is COc1cccc2c1O[C@@H](CN1C3C=C(c4cccc5ccccc45)CC1CC3)CO2. The molecule has 0 radical (unpaired) electrons. The number of rotatable bonds is 4. The summed E-state index contributed by atoms with van der Waals surface area (Å²) in [5, 5.41) is 2.67. The van der Waals surface area contributed by atoms with Crippen molar-refractivity contribution in [3.63, 3.8) is 0 Å². The molecule has 0 N–H and O–H groups in total. The molecule has 0 aromatic heterocycles. The minimum absolute atomic E-state index is 0.0133. The Balaban J connectivity index is 1.24. The molecule has 3 aliphatic rings. The molecule has 4 heteroatoms. The van der Waals surface area contributed by atoms with Gasteiger partial charge in [-0.2, -0.15) is 0 Å². The summed E-state index contributed by atoms with van der Waals surface area (Å²) in [6.07, 6.45) is 6.07. The van der Waals surface area contributed by atoms with Crippen LogP contribution in [0.5, 0.6) is 17.2 Å². The molecule has 3 aliphatic heterocycles. The van der Waals surface area contributed by atoms with Crippen LogP contribution in [0.25, 0.3) is 16.3 Å². The van der Waals surface area contributed by atoms with Gasteiger partial charge in [-0.05, 0) is 53.3 Å². The first-order chi connectivity index (χ1) is 15.3. The molecule has 31 heavy (non-hydrogen) atoms. The van der Waals surface area contributed by atoms with Gasteiger partial charge in [-0.1, -0.05) is 54.6 Å². The Kier molecular flexibility index (Phi) is 4.61. The number of hydrogen-bond acceptors (Lipinski definition) is 4. The van der Waals surface area contributed by atoms with Crippen LogP contribution in [0, 0.1) is 0 Å².